The van der Waals surface area contributed by atoms with Gasteiger partial charge < -0.3 is 15.4 Å². The van der Waals surface area contributed by atoms with E-state index in [4.69, 9.17) is 10.5 Å². The second-order valence-corrected chi connectivity index (χ2v) is 8.57. The summed E-state index contributed by atoms with van der Waals surface area (Å²) in [7, 11) is 0. The number of hydrogen-bond acceptors (Lipinski definition) is 6. The van der Waals surface area contributed by atoms with Crippen LogP contribution in [0.4, 0.5) is 14.7 Å². The summed E-state index contributed by atoms with van der Waals surface area (Å²) in [5.41, 5.74) is 6.90. The number of nitrogen functional groups attached to an aromatic ring is 1. The van der Waals surface area contributed by atoms with Gasteiger partial charge >= 0.3 is 0 Å². The molecule has 4 rings (SSSR count). The number of piperidine rings is 2. The topological polar surface area (TPSA) is 84.6 Å². The van der Waals surface area contributed by atoms with Gasteiger partial charge in [0.05, 0.1) is 12.7 Å². The molecule has 0 bridgehead atoms. The van der Waals surface area contributed by atoms with Crippen molar-refractivity contribution in [1.82, 2.24) is 19.8 Å². The average molecular weight is 446 g/mol. The zero-order valence-electron chi connectivity index (χ0n) is 18.1. The lowest BCUT2D eigenvalue weighted by Crippen LogP contribution is -2.46. The van der Waals surface area contributed by atoms with Crippen molar-refractivity contribution in [3.63, 3.8) is 0 Å². The normalized spacial score (nSPS) is 18.8. The lowest BCUT2D eigenvalue weighted by atomic mass is 9.94. The van der Waals surface area contributed by atoms with Crippen LogP contribution in [0.25, 0.3) is 0 Å². The molecule has 1 aromatic heterocycles. The van der Waals surface area contributed by atoms with E-state index in [0.29, 0.717) is 18.7 Å². The zero-order valence-corrected chi connectivity index (χ0v) is 18.1. The molecule has 172 valence electrons. The van der Waals surface area contributed by atoms with Gasteiger partial charge in [-0.3, -0.25) is 9.69 Å². The monoisotopic (exact) mass is 445 g/mol. The van der Waals surface area contributed by atoms with Gasteiger partial charge in [0, 0.05) is 55.1 Å². The van der Waals surface area contributed by atoms with Gasteiger partial charge in [0.2, 0.25) is 11.9 Å². The van der Waals surface area contributed by atoms with E-state index < -0.39 is 11.6 Å². The molecule has 0 aliphatic carbocycles. The van der Waals surface area contributed by atoms with Crippen molar-refractivity contribution < 1.29 is 18.3 Å². The van der Waals surface area contributed by atoms with Crippen molar-refractivity contribution >= 4 is 11.9 Å². The van der Waals surface area contributed by atoms with Crippen LogP contribution in [0, 0.1) is 17.6 Å². The number of anilines is 1. The van der Waals surface area contributed by atoms with E-state index in [1.165, 1.54) is 12.1 Å². The van der Waals surface area contributed by atoms with Crippen LogP contribution in [0.1, 0.15) is 36.8 Å². The molecule has 2 aromatic rings. The molecule has 3 heterocycles. The highest BCUT2D eigenvalue weighted by atomic mass is 19.1. The largest absolute Gasteiger partial charge is 0.373 e. The molecule has 2 aliphatic rings. The van der Waals surface area contributed by atoms with Gasteiger partial charge in [0.25, 0.3) is 0 Å². The number of rotatable bonds is 6. The molecule has 0 unspecified atom stereocenters. The van der Waals surface area contributed by atoms with Gasteiger partial charge in [-0.05, 0) is 44.8 Å². The lowest BCUT2D eigenvalue weighted by molar-refractivity contribution is -0.140. The Morgan fingerprint density at radius 1 is 1.06 bits per heavy atom. The van der Waals surface area contributed by atoms with E-state index in [9.17, 15) is 13.6 Å². The summed E-state index contributed by atoms with van der Waals surface area (Å²) >= 11 is 0. The van der Waals surface area contributed by atoms with Gasteiger partial charge in [-0.2, -0.15) is 0 Å². The molecule has 2 fully saturated rings. The Balaban J connectivity index is 1.18. The summed E-state index contributed by atoms with van der Waals surface area (Å²) in [6, 6.07) is 3.52. The van der Waals surface area contributed by atoms with E-state index in [2.05, 4.69) is 14.9 Å². The maximum absolute atomic E-state index is 13.8. The Morgan fingerprint density at radius 2 is 1.75 bits per heavy atom. The van der Waals surface area contributed by atoms with E-state index in [-0.39, 0.29) is 30.5 Å². The molecule has 0 saturated carbocycles. The molecule has 0 radical (unpaired) electrons. The minimum atomic E-state index is -0.594. The third-order valence-corrected chi connectivity index (χ3v) is 6.31. The molecule has 1 amide bonds. The van der Waals surface area contributed by atoms with Crippen LogP contribution in [0.15, 0.2) is 30.6 Å². The molecule has 7 nitrogen and oxygen atoms in total. The molecule has 0 spiro atoms. The molecule has 9 heteroatoms. The van der Waals surface area contributed by atoms with Gasteiger partial charge in [-0.15, -0.1) is 0 Å². The molecule has 2 saturated heterocycles. The molecule has 2 N–H and O–H groups in total. The number of carbonyl (C=O) groups is 1. The number of benzene rings is 1. The fourth-order valence-electron chi connectivity index (χ4n) is 4.39. The number of nitrogens with two attached hydrogens (primary N) is 1. The first-order valence-electron chi connectivity index (χ1n) is 11.1. The summed E-state index contributed by atoms with van der Waals surface area (Å²) in [5, 5.41) is 0. The maximum Gasteiger partial charge on any atom is 0.225 e. The standard InChI is InChI=1S/C23H29F2N5O2/c24-19-2-1-18(21(25)11-19)15-32-20-5-9-30(10-6-20)22(31)17-3-7-29(8-4-17)14-16-12-27-23(26)28-13-16/h1-2,11-13,17,20H,3-10,14-15H2,(H2,26,27,28). The predicted octanol–water partition coefficient (Wildman–Crippen LogP) is 2.76. The number of nitrogens with zero attached hydrogens (tertiary/aromatic N) is 4. The van der Waals surface area contributed by atoms with Crippen molar-refractivity contribution in [3.05, 3.63) is 53.4 Å². The van der Waals surface area contributed by atoms with Gasteiger partial charge in [0.1, 0.15) is 11.6 Å². The van der Waals surface area contributed by atoms with Crippen LogP contribution < -0.4 is 5.73 Å². The van der Waals surface area contributed by atoms with E-state index in [1.54, 1.807) is 12.4 Å². The van der Waals surface area contributed by atoms with Gasteiger partial charge in [0.15, 0.2) is 0 Å². The third-order valence-electron chi connectivity index (χ3n) is 6.31. The number of aromatic nitrogens is 2. The van der Waals surface area contributed by atoms with Crippen molar-refractivity contribution in [2.24, 2.45) is 5.92 Å². The van der Waals surface area contributed by atoms with Crippen LogP contribution in [0.2, 0.25) is 0 Å². The van der Waals surface area contributed by atoms with Crippen LogP contribution in [0.3, 0.4) is 0 Å². The van der Waals surface area contributed by atoms with E-state index in [1.807, 2.05) is 4.90 Å². The third kappa shape index (κ3) is 5.77. The summed E-state index contributed by atoms with van der Waals surface area (Å²) < 4.78 is 32.6. The SMILES string of the molecule is Nc1ncc(CN2CCC(C(=O)N3CCC(OCc4ccc(F)cc4F)CC3)CC2)cn1. The van der Waals surface area contributed by atoms with Crippen molar-refractivity contribution in [2.75, 3.05) is 31.9 Å². The molecular formula is C23H29F2N5O2. The summed E-state index contributed by atoms with van der Waals surface area (Å²) in [5.74, 6) is -0.630. The van der Waals surface area contributed by atoms with Crippen LogP contribution in [-0.2, 0) is 22.7 Å². The predicted molar refractivity (Wildman–Crippen MR) is 115 cm³/mol. The Morgan fingerprint density at radius 3 is 2.41 bits per heavy atom. The number of ether oxygens (including phenoxy) is 1. The second-order valence-electron chi connectivity index (χ2n) is 8.57. The molecule has 2 aliphatic heterocycles. The molecule has 1 aromatic carbocycles. The van der Waals surface area contributed by atoms with Gasteiger partial charge in [-0.1, -0.05) is 6.07 Å². The first kappa shape index (κ1) is 22.5. The first-order valence-corrected chi connectivity index (χ1v) is 11.1. The highest BCUT2D eigenvalue weighted by molar-refractivity contribution is 5.79. The Bertz CT molecular complexity index is 911. The van der Waals surface area contributed by atoms with Crippen LogP contribution in [0.5, 0.6) is 0 Å². The second kappa shape index (κ2) is 10.3. The summed E-state index contributed by atoms with van der Waals surface area (Å²) in [6.45, 7) is 3.91. The minimum absolute atomic E-state index is 0.0209. The minimum Gasteiger partial charge on any atom is -0.373 e. The molecule has 32 heavy (non-hydrogen) atoms. The quantitative estimate of drug-likeness (QED) is 0.736. The number of carbonyl (C=O) groups excluding carboxylic acids is 1. The molecule has 0 atom stereocenters. The first-order chi connectivity index (χ1) is 15.5. The summed E-state index contributed by atoms with van der Waals surface area (Å²) in [6.07, 6.45) is 6.61. The number of amides is 1. The zero-order chi connectivity index (χ0) is 22.5. The fourth-order valence-corrected chi connectivity index (χ4v) is 4.39. The fraction of sp³-hybridized carbons (Fsp3) is 0.522. The maximum atomic E-state index is 13.8. The smallest absolute Gasteiger partial charge is 0.225 e. The van der Waals surface area contributed by atoms with E-state index in [0.717, 1.165) is 56.9 Å². The van der Waals surface area contributed by atoms with Crippen LogP contribution in [-0.4, -0.2) is 58.0 Å². The van der Waals surface area contributed by atoms with Crippen molar-refractivity contribution in [3.8, 4) is 0 Å². The number of hydrogen-bond donors (Lipinski definition) is 1. The number of halogens is 2. The molecular weight excluding hydrogens is 416 g/mol. The lowest BCUT2D eigenvalue weighted by Gasteiger charge is -2.37. The highest BCUT2D eigenvalue weighted by Crippen LogP contribution is 2.24. The number of likely N-dealkylation sites (tertiary alicyclic amines) is 2. The van der Waals surface area contributed by atoms with Crippen LogP contribution >= 0.6 is 0 Å². The van der Waals surface area contributed by atoms with E-state index >= 15 is 0 Å². The Kier molecular flexibility index (Phi) is 7.26. The Labute approximate surface area is 186 Å². The van der Waals surface area contributed by atoms with Gasteiger partial charge in [-0.25, -0.2) is 18.7 Å². The summed E-state index contributed by atoms with van der Waals surface area (Å²) in [4.78, 5) is 25.3. The highest BCUT2D eigenvalue weighted by Gasteiger charge is 2.31. The van der Waals surface area contributed by atoms with Crippen molar-refractivity contribution in [1.29, 1.82) is 0 Å². The average Bonchev–Trinajstić information content (AvgIpc) is 2.80. The Hall–Kier alpha value is -2.65. The van der Waals surface area contributed by atoms with Crippen molar-refractivity contribution in [2.45, 2.75) is 44.9 Å².